The molecule has 0 saturated carbocycles. The number of hydrogen-bond donors (Lipinski definition) is 0. The van der Waals surface area contributed by atoms with Gasteiger partial charge >= 0.3 is 5.97 Å². The maximum Gasteiger partial charge on any atom is 0.311 e. The molecule has 2 rings (SSSR count). The van der Waals surface area contributed by atoms with Crippen molar-refractivity contribution in [3.05, 3.63) is 11.6 Å². The van der Waals surface area contributed by atoms with Gasteiger partial charge in [-0.05, 0) is 71.0 Å². The van der Waals surface area contributed by atoms with Crippen LogP contribution in [0, 0.1) is 41.4 Å². The molecule has 4 nitrogen and oxygen atoms in total. The van der Waals surface area contributed by atoms with Crippen LogP contribution in [0.3, 0.4) is 0 Å². The van der Waals surface area contributed by atoms with Gasteiger partial charge in [0, 0.05) is 24.7 Å². The van der Waals surface area contributed by atoms with Crippen molar-refractivity contribution in [2.75, 3.05) is 6.61 Å². The van der Waals surface area contributed by atoms with Gasteiger partial charge in [0.25, 0.3) is 0 Å². The number of esters is 1. The van der Waals surface area contributed by atoms with Gasteiger partial charge in [0.1, 0.15) is 0 Å². The Morgan fingerprint density at radius 1 is 1.20 bits per heavy atom. The predicted octanol–water partition coefficient (Wildman–Crippen LogP) is 7.39. The lowest BCUT2D eigenvalue weighted by Crippen LogP contribution is -2.57. The number of allylic oxidation sites excluding steroid dienone is 1. The number of carbonyl (C=O) groups excluding carboxylic acids is 1. The zero-order valence-corrected chi connectivity index (χ0v) is 25.6. The Hall–Kier alpha value is -1.09. The van der Waals surface area contributed by atoms with Gasteiger partial charge in [-0.2, -0.15) is 0 Å². The molecule has 35 heavy (non-hydrogen) atoms. The van der Waals surface area contributed by atoms with E-state index in [0.29, 0.717) is 43.1 Å². The summed E-state index contributed by atoms with van der Waals surface area (Å²) in [6, 6.07) is 0. The summed E-state index contributed by atoms with van der Waals surface area (Å²) in [7, 11) is -2.16. The highest BCUT2D eigenvalue weighted by Crippen LogP contribution is 2.54. The van der Waals surface area contributed by atoms with Gasteiger partial charge < -0.3 is 13.9 Å². The molecule has 0 aromatic carbocycles. The number of carbonyl (C=O) groups is 1. The molecule has 0 spiro atoms. The Labute approximate surface area is 217 Å². The molecule has 0 unspecified atom stereocenters. The van der Waals surface area contributed by atoms with Crippen molar-refractivity contribution in [3.8, 4) is 12.3 Å². The number of rotatable bonds is 8. The summed E-state index contributed by atoms with van der Waals surface area (Å²) in [6.45, 7) is 26.4. The molecule has 1 aliphatic carbocycles. The van der Waals surface area contributed by atoms with Crippen LogP contribution >= 0.6 is 0 Å². The lowest BCUT2D eigenvalue weighted by Gasteiger charge is -2.49. The average Bonchev–Trinajstić information content (AvgIpc) is 3.07. The minimum Gasteiger partial charge on any atom is -0.465 e. The van der Waals surface area contributed by atoms with E-state index in [9.17, 15) is 4.79 Å². The maximum atomic E-state index is 12.6. The van der Waals surface area contributed by atoms with Crippen molar-refractivity contribution >= 4 is 14.3 Å². The maximum absolute atomic E-state index is 12.6. The van der Waals surface area contributed by atoms with E-state index in [1.165, 1.54) is 5.57 Å². The van der Waals surface area contributed by atoms with Crippen molar-refractivity contribution in [3.63, 3.8) is 0 Å². The normalized spacial score (nSPS) is 29.3. The summed E-state index contributed by atoms with van der Waals surface area (Å²) in [4.78, 5) is 12.6. The van der Waals surface area contributed by atoms with Crippen LogP contribution in [0.15, 0.2) is 11.6 Å². The molecule has 1 saturated heterocycles. The van der Waals surface area contributed by atoms with Gasteiger partial charge in [-0.15, -0.1) is 12.3 Å². The summed E-state index contributed by atoms with van der Waals surface area (Å²) in [6.07, 6.45) is 10.4. The Morgan fingerprint density at radius 3 is 2.29 bits per heavy atom. The summed E-state index contributed by atoms with van der Waals surface area (Å²) >= 11 is 0. The van der Waals surface area contributed by atoms with E-state index >= 15 is 0 Å². The molecule has 0 N–H and O–H groups in total. The van der Waals surface area contributed by atoms with Gasteiger partial charge in [0.05, 0.1) is 29.8 Å². The van der Waals surface area contributed by atoms with E-state index in [1.54, 1.807) is 0 Å². The van der Waals surface area contributed by atoms with Gasteiger partial charge in [0.15, 0.2) is 8.32 Å². The molecular formula is C30H52O4Si. The monoisotopic (exact) mass is 504 g/mol. The molecule has 5 heteroatoms. The summed E-state index contributed by atoms with van der Waals surface area (Å²) in [5, 5.41) is 0.0480. The molecule has 0 radical (unpaired) electrons. The van der Waals surface area contributed by atoms with E-state index in [4.69, 9.17) is 20.3 Å². The molecular weight excluding hydrogens is 452 g/mol. The molecule has 1 aliphatic heterocycles. The summed E-state index contributed by atoms with van der Waals surface area (Å²) in [5.74, 6) is 4.34. The minimum absolute atomic E-state index is 0.00716. The molecule has 1 fully saturated rings. The Balaban J connectivity index is 2.50. The van der Waals surface area contributed by atoms with Crippen LogP contribution in [0.1, 0.15) is 88.5 Å². The first kappa shape index (κ1) is 30.1. The third kappa shape index (κ3) is 6.62. The zero-order chi connectivity index (χ0) is 27.0. The average molecular weight is 505 g/mol. The van der Waals surface area contributed by atoms with Gasteiger partial charge in [0.2, 0.25) is 0 Å². The van der Waals surface area contributed by atoms with Crippen molar-refractivity contribution in [1.82, 2.24) is 0 Å². The number of ether oxygens (including phenoxy) is 2. The second kappa shape index (κ2) is 10.7. The van der Waals surface area contributed by atoms with Crippen LogP contribution in [0.2, 0.25) is 18.1 Å². The Bertz CT molecular complexity index is 823. The van der Waals surface area contributed by atoms with Crippen molar-refractivity contribution in [2.24, 2.45) is 29.1 Å². The third-order valence-corrected chi connectivity index (χ3v) is 13.3. The van der Waals surface area contributed by atoms with Crippen molar-refractivity contribution < 1.29 is 18.7 Å². The number of terminal acetylenes is 1. The second-order valence-corrected chi connectivity index (χ2v) is 18.7. The highest BCUT2D eigenvalue weighted by atomic mass is 28.4. The Kier molecular flexibility index (Phi) is 9.23. The first-order chi connectivity index (χ1) is 15.9. The largest absolute Gasteiger partial charge is 0.465 e. The molecule has 0 amide bonds. The van der Waals surface area contributed by atoms with Gasteiger partial charge in [-0.25, -0.2) is 0 Å². The second-order valence-electron chi connectivity index (χ2n) is 14.0. The lowest BCUT2D eigenvalue weighted by molar-refractivity contribution is -0.157. The molecule has 2 aliphatic rings. The van der Waals surface area contributed by atoms with E-state index in [-0.39, 0.29) is 23.2 Å². The predicted molar refractivity (Wildman–Crippen MR) is 148 cm³/mol. The first-order valence-corrected chi connectivity index (χ1v) is 16.4. The quantitative estimate of drug-likeness (QED) is 0.150. The van der Waals surface area contributed by atoms with Gasteiger partial charge in [-0.3, -0.25) is 4.79 Å². The smallest absolute Gasteiger partial charge is 0.311 e. The molecule has 0 aromatic rings. The molecule has 0 bridgehead atoms. The molecule has 6 atom stereocenters. The standard InChI is InChI=1S/C30H52O4Si/c1-14-15-23-24-21(4)16-17-22(20(2)3)25(24)26(33-23)30(11,34-35(12,13)29(8,9)10)18-19-32-27(31)28(5,6)7/h1,16,20,22-26H,15,17-19H2,2-13H3/t22-,23-,24-,25-,26-,30-/m1/s1. The highest BCUT2D eigenvalue weighted by Gasteiger charge is 2.58. The van der Waals surface area contributed by atoms with E-state index in [0.717, 1.165) is 6.42 Å². The molecule has 1 heterocycles. The summed E-state index contributed by atoms with van der Waals surface area (Å²) in [5.41, 5.74) is 0.277. The SMILES string of the molecule is C#CC[C@H]1O[C@@H]([C@@](C)(CCOC(=O)C(C)(C)C)O[Si](C)(C)C(C)(C)C)[C@H]2[C@@H]1C(C)=CC[C@@H]2C(C)C. The Morgan fingerprint density at radius 2 is 1.80 bits per heavy atom. The third-order valence-electron chi connectivity index (χ3n) is 8.73. The van der Waals surface area contributed by atoms with Gasteiger partial charge in [-0.1, -0.05) is 46.3 Å². The number of fused-ring (bicyclic) bond motifs is 1. The fraction of sp³-hybridized carbons (Fsp3) is 0.833. The fourth-order valence-electron chi connectivity index (χ4n) is 5.61. The molecule has 0 aromatic heterocycles. The molecule has 200 valence electrons. The zero-order valence-electron chi connectivity index (χ0n) is 24.6. The van der Waals surface area contributed by atoms with E-state index in [1.807, 2.05) is 20.8 Å². The van der Waals surface area contributed by atoms with Crippen LogP contribution in [0.5, 0.6) is 0 Å². The van der Waals surface area contributed by atoms with Crippen LogP contribution in [0.25, 0.3) is 0 Å². The highest BCUT2D eigenvalue weighted by molar-refractivity contribution is 6.74. The first-order valence-electron chi connectivity index (χ1n) is 13.5. The fourth-order valence-corrected chi connectivity index (χ4v) is 7.30. The number of hydrogen-bond acceptors (Lipinski definition) is 4. The van der Waals surface area contributed by atoms with Crippen molar-refractivity contribution in [1.29, 1.82) is 0 Å². The van der Waals surface area contributed by atoms with E-state index in [2.05, 4.69) is 73.6 Å². The van der Waals surface area contributed by atoms with Crippen LogP contribution < -0.4 is 0 Å². The van der Waals surface area contributed by atoms with Crippen LogP contribution in [-0.4, -0.2) is 38.7 Å². The van der Waals surface area contributed by atoms with E-state index < -0.39 is 19.3 Å². The minimum atomic E-state index is -2.16. The van der Waals surface area contributed by atoms with Crippen molar-refractivity contribution in [2.45, 2.75) is 124 Å². The van der Waals surface area contributed by atoms with Crippen LogP contribution in [-0.2, 0) is 18.7 Å². The van der Waals surface area contributed by atoms with Crippen LogP contribution in [0.4, 0.5) is 0 Å². The lowest BCUT2D eigenvalue weighted by atomic mass is 9.63. The topological polar surface area (TPSA) is 44.8 Å². The summed E-state index contributed by atoms with van der Waals surface area (Å²) < 4.78 is 19.9.